The first-order chi connectivity index (χ1) is 45.3. The highest BCUT2D eigenvalue weighted by Crippen LogP contribution is 2.52. The summed E-state index contributed by atoms with van der Waals surface area (Å²) in [5.41, 5.74) is 86.3. The number of fused-ring (bicyclic) bond motifs is 6. The zero-order valence-corrected chi connectivity index (χ0v) is 61.8. The lowest BCUT2D eigenvalue weighted by Gasteiger charge is -2.27. The number of hydrogen-bond donors (Lipinski definition) is 12. The Morgan fingerprint density at radius 3 is 0.895 bits per heavy atom. The van der Waals surface area contributed by atoms with Gasteiger partial charge in [0.25, 0.3) is 0 Å². The molecule has 6 unspecified atom stereocenters. The van der Waals surface area contributed by atoms with E-state index in [0.29, 0.717) is 93.6 Å². The molecular formula is C68H100N12O9S6. The Labute approximate surface area is 586 Å². The Kier molecular flexibility index (Phi) is 28.2. The van der Waals surface area contributed by atoms with Crippen molar-refractivity contribution < 1.29 is 42.6 Å². The van der Waals surface area contributed by atoms with Gasteiger partial charge in [0.05, 0.1) is 97.6 Å². The first-order valence-corrected chi connectivity index (χ1v) is 37.2. The number of nitrogens with two attached hydrogens (primary N) is 12. The van der Waals surface area contributed by atoms with Gasteiger partial charge in [0.1, 0.15) is 55.9 Å². The van der Waals surface area contributed by atoms with E-state index in [4.69, 9.17) is 111 Å². The molecule has 6 atom stereocenters. The molecular weight excluding hydrogens is 1320 g/mol. The van der Waals surface area contributed by atoms with Gasteiger partial charge in [-0.3, -0.25) is 0 Å². The summed E-state index contributed by atoms with van der Waals surface area (Å²) < 4.78 is 50.3. The number of anilines is 12. The zero-order valence-electron chi connectivity index (χ0n) is 56.9. The van der Waals surface area contributed by atoms with E-state index in [1.165, 1.54) is 19.3 Å². The predicted octanol–water partition coefficient (Wildman–Crippen LogP) is 14.1. The molecule has 0 amide bonds. The Balaban J connectivity index is 0.000000161. The number of thioether (sulfide) groups is 6. The highest BCUT2D eigenvalue weighted by atomic mass is 32.2. The van der Waals surface area contributed by atoms with Crippen LogP contribution in [0.4, 0.5) is 68.2 Å². The molecule has 0 saturated carbocycles. The molecule has 6 aromatic rings. The van der Waals surface area contributed by atoms with E-state index < -0.39 is 0 Å². The van der Waals surface area contributed by atoms with Crippen molar-refractivity contribution in [1.29, 1.82) is 0 Å². The van der Waals surface area contributed by atoms with Crippen molar-refractivity contribution in [3.05, 3.63) is 69.8 Å². The van der Waals surface area contributed by atoms with Crippen LogP contribution in [0.2, 0.25) is 0 Å². The number of methoxy groups -OCH3 is 1. The molecule has 0 aliphatic carbocycles. The second kappa shape index (κ2) is 35.3. The summed E-state index contributed by atoms with van der Waals surface area (Å²) in [5.74, 6) is 4.42. The van der Waals surface area contributed by atoms with Crippen molar-refractivity contribution in [2.75, 3.05) is 129 Å². The van der Waals surface area contributed by atoms with Gasteiger partial charge in [-0.15, -0.1) is 35.3 Å². The molecule has 6 heterocycles. The third-order valence-electron chi connectivity index (χ3n) is 15.9. The normalized spacial score (nSPS) is 19.1. The average Bonchev–Trinajstić information content (AvgIpc) is 0.879. The summed E-state index contributed by atoms with van der Waals surface area (Å²) in [6, 6.07) is 11.2. The Morgan fingerprint density at radius 1 is 0.347 bits per heavy atom. The van der Waals surface area contributed by atoms with E-state index in [1.807, 2.05) is 96.6 Å². The van der Waals surface area contributed by atoms with Crippen LogP contribution < -0.4 is 97.2 Å². The molecule has 6 aliphatic heterocycles. The van der Waals surface area contributed by atoms with Gasteiger partial charge in [0.15, 0.2) is 34.5 Å². The molecule has 12 rings (SSSR count). The van der Waals surface area contributed by atoms with Gasteiger partial charge >= 0.3 is 0 Å². The van der Waals surface area contributed by atoms with Gasteiger partial charge < -0.3 is 111 Å². The number of nitrogen functional groups attached to an aromatic ring is 12. The summed E-state index contributed by atoms with van der Waals surface area (Å²) in [5, 5.41) is 1.48. The van der Waals surface area contributed by atoms with Crippen molar-refractivity contribution in [1.82, 2.24) is 0 Å². The van der Waals surface area contributed by atoms with Crippen LogP contribution >= 0.6 is 70.6 Å². The number of rotatable bonds is 11. The van der Waals surface area contributed by atoms with Crippen LogP contribution in [0.25, 0.3) is 0 Å². The summed E-state index contributed by atoms with van der Waals surface area (Å²) >= 11 is 10.1. The van der Waals surface area contributed by atoms with Crippen molar-refractivity contribution in [2.24, 2.45) is 0 Å². The Bertz CT molecular complexity index is 3370. The van der Waals surface area contributed by atoms with Crippen LogP contribution in [0.1, 0.15) is 107 Å². The van der Waals surface area contributed by atoms with Gasteiger partial charge in [-0.1, -0.05) is 75.8 Å². The maximum absolute atomic E-state index is 6.11. The fourth-order valence-electron chi connectivity index (χ4n) is 10.2. The summed E-state index contributed by atoms with van der Waals surface area (Å²) in [6.07, 6.45) is 6.78. The lowest BCUT2D eigenvalue weighted by Crippen LogP contribution is -2.23. The molecule has 0 bridgehead atoms. The van der Waals surface area contributed by atoms with Gasteiger partial charge in [-0.05, 0) is 144 Å². The second-order valence-electron chi connectivity index (χ2n) is 23.4. The molecule has 21 nitrogen and oxygen atoms in total. The van der Waals surface area contributed by atoms with Crippen LogP contribution in [-0.2, 0) is 14.2 Å². The van der Waals surface area contributed by atoms with E-state index in [9.17, 15) is 0 Å². The topological polar surface area (TPSA) is 395 Å². The first-order valence-electron chi connectivity index (χ1n) is 31.9. The molecule has 6 aliphatic rings. The molecule has 27 heteroatoms. The van der Waals surface area contributed by atoms with Gasteiger partial charge in [0, 0.05) is 36.1 Å². The minimum Gasteiger partial charge on any atom is -0.489 e. The SMILES string of the molecule is CCC1COc2c(N)cc(C)c(N)c2S1.CCC1COc2c(N)cc(C)c(N)c2S1.CCCCC1COc2c(N)cc(C)c(N)c2S1.CCCOC1COc2c(N)cc(C)c(N)c2S1.CCOC1COc2c(N)cc(C)c(N)c2S1.COC1COc2c(N)cc(C)c(N)c2S1. The molecule has 0 radical (unpaired) electrons. The maximum Gasteiger partial charge on any atom is 0.158 e. The van der Waals surface area contributed by atoms with Crippen LogP contribution in [0, 0.1) is 41.5 Å². The first kappa shape index (κ1) is 76.1. The minimum atomic E-state index is -0.0130. The van der Waals surface area contributed by atoms with Crippen molar-refractivity contribution >= 4 is 139 Å². The van der Waals surface area contributed by atoms with Crippen molar-refractivity contribution in [3.63, 3.8) is 0 Å². The molecule has 95 heavy (non-hydrogen) atoms. The van der Waals surface area contributed by atoms with Crippen LogP contribution in [0.5, 0.6) is 34.5 Å². The average molecular weight is 1420 g/mol. The van der Waals surface area contributed by atoms with E-state index in [2.05, 4.69) is 27.7 Å². The van der Waals surface area contributed by atoms with Crippen LogP contribution in [-0.4, -0.2) is 92.0 Å². The maximum atomic E-state index is 6.11. The molecule has 522 valence electrons. The molecule has 0 aromatic heterocycles. The molecule has 24 N–H and O–H groups in total. The van der Waals surface area contributed by atoms with E-state index in [1.54, 1.807) is 65.9 Å². The lowest BCUT2D eigenvalue weighted by atomic mass is 10.1. The van der Waals surface area contributed by atoms with E-state index >= 15 is 0 Å². The van der Waals surface area contributed by atoms with Crippen molar-refractivity contribution in [3.8, 4) is 34.5 Å². The van der Waals surface area contributed by atoms with Crippen LogP contribution in [0.15, 0.2) is 65.8 Å². The molecule has 0 saturated heterocycles. The number of unbranched alkanes of at least 4 members (excludes halogenated alkanes) is 1. The highest BCUT2D eigenvalue weighted by molar-refractivity contribution is 8.01. The van der Waals surface area contributed by atoms with Crippen molar-refractivity contribution in [2.45, 2.75) is 176 Å². The van der Waals surface area contributed by atoms with Gasteiger partial charge in [-0.2, -0.15) is 0 Å². The lowest BCUT2D eigenvalue weighted by molar-refractivity contribution is 0.0723. The quantitative estimate of drug-likeness (QED) is 0.0536. The Hall–Kier alpha value is -6.30. The summed E-state index contributed by atoms with van der Waals surface area (Å²) in [6.45, 7) is 27.4. The standard InChI is InChI=1S/C13H20N2OS.C12H18N2O2S.C11H16N2O2S.2C11H16N2OS.C10H14N2O2S/c1-3-4-5-9-7-16-12-10(14)6-8(2)11(15)13(12)17-9;1-3-4-15-9-6-16-11-8(13)5-7(2)10(14)12(11)17-9;1-3-14-8-5-15-10-7(12)4-6(2)9(13)11(10)16-8;2*1-3-7-5-14-10-8(12)4-6(2)9(13)11(10)15-7;1-5-3-6(11)9-10(8(5)12)15-7(13-2)4-14-9/h6,9H,3-5,7,14-15H2,1-2H3;5,9H,3-4,6,13-14H2,1-2H3;4,8H,3,5,12-13H2,1-2H3;2*4,7H,3,5,12-13H2,1-2H3;3,7H,4,11-12H2,1-2H3. The minimum absolute atomic E-state index is 0.000926. The number of aryl methyl sites for hydroxylation is 6. The van der Waals surface area contributed by atoms with Crippen LogP contribution in [0.3, 0.4) is 0 Å². The smallest absolute Gasteiger partial charge is 0.158 e. The summed E-state index contributed by atoms with van der Waals surface area (Å²) in [7, 11) is 1.65. The number of benzene rings is 6. The zero-order chi connectivity index (χ0) is 69.5. The molecule has 6 aromatic carbocycles. The number of ether oxygens (including phenoxy) is 9. The molecule has 0 fully saturated rings. The number of hydrogen-bond acceptors (Lipinski definition) is 27. The monoisotopic (exact) mass is 1420 g/mol. The molecule has 0 spiro atoms. The van der Waals surface area contributed by atoms with Gasteiger partial charge in [0.2, 0.25) is 0 Å². The fraction of sp³-hybridized carbons (Fsp3) is 0.471. The fourth-order valence-corrected chi connectivity index (χ4v) is 17.3. The predicted molar refractivity (Wildman–Crippen MR) is 406 cm³/mol. The Morgan fingerprint density at radius 2 is 0.611 bits per heavy atom. The third-order valence-corrected chi connectivity index (χ3v) is 23.7. The second-order valence-corrected chi connectivity index (χ2v) is 30.8. The van der Waals surface area contributed by atoms with E-state index in [0.717, 1.165) is 160 Å². The largest absolute Gasteiger partial charge is 0.489 e. The summed E-state index contributed by atoms with van der Waals surface area (Å²) in [4.78, 5) is 5.79. The highest BCUT2D eigenvalue weighted by Gasteiger charge is 2.31. The van der Waals surface area contributed by atoms with E-state index in [-0.39, 0.29) is 16.3 Å². The van der Waals surface area contributed by atoms with Gasteiger partial charge in [-0.25, -0.2) is 0 Å². The third kappa shape index (κ3) is 18.9.